The summed E-state index contributed by atoms with van der Waals surface area (Å²) in [5.41, 5.74) is 0.625. The van der Waals surface area contributed by atoms with E-state index >= 15 is 0 Å². The van der Waals surface area contributed by atoms with Crippen LogP contribution in [0.2, 0.25) is 0 Å². The molecule has 1 unspecified atom stereocenters. The fraction of sp³-hybridized carbons (Fsp3) is 0.357. The number of piperazine rings is 1. The first-order valence-corrected chi connectivity index (χ1v) is 6.45. The average molecular weight is 290 g/mol. The molecule has 1 fully saturated rings. The average Bonchev–Trinajstić information content (AvgIpc) is 2.49. The van der Waals surface area contributed by atoms with Gasteiger partial charge in [0.15, 0.2) is 0 Å². The minimum atomic E-state index is -0.519. The molecule has 0 saturated carbocycles. The van der Waals surface area contributed by atoms with Crippen LogP contribution >= 0.6 is 0 Å². The van der Waals surface area contributed by atoms with Crippen molar-refractivity contribution in [3.63, 3.8) is 0 Å². The van der Waals surface area contributed by atoms with E-state index < -0.39 is 11.9 Å². The Labute approximate surface area is 121 Å². The number of benzene rings is 1. The van der Waals surface area contributed by atoms with Crippen molar-refractivity contribution < 1.29 is 14.0 Å². The van der Waals surface area contributed by atoms with Gasteiger partial charge < -0.3 is 10.2 Å². The van der Waals surface area contributed by atoms with Gasteiger partial charge >= 0.3 is 0 Å². The number of nitriles is 1. The van der Waals surface area contributed by atoms with Crippen LogP contribution < -0.4 is 10.6 Å². The molecule has 1 aromatic rings. The van der Waals surface area contributed by atoms with Gasteiger partial charge in [-0.1, -0.05) is 0 Å². The summed E-state index contributed by atoms with van der Waals surface area (Å²) in [6.07, 6.45) is 0. The minimum absolute atomic E-state index is 0.0618. The second-order valence-corrected chi connectivity index (χ2v) is 4.85. The Kier molecular flexibility index (Phi) is 4.50. The number of halogens is 1. The van der Waals surface area contributed by atoms with Crippen LogP contribution in [0.25, 0.3) is 0 Å². The first-order valence-electron chi connectivity index (χ1n) is 6.45. The van der Waals surface area contributed by atoms with Gasteiger partial charge in [-0.25, -0.2) is 4.39 Å². The zero-order valence-corrected chi connectivity index (χ0v) is 11.5. The summed E-state index contributed by atoms with van der Waals surface area (Å²) in [5.74, 6) is -0.857. The Balaban J connectivity index is 2.04. The molecule has 21 heavy (non-hydrogen) atoms. The second-order valence-electron chi connectivity index (χ2n) is 4.85. The molecule has 1 atom stereocenters. The molecule has 1 aromatic carbocycles. The smallest absolute Gasteiger partial charge is 0.241 e. The number of hydrogen-bond donors (Lipinski definition) is 2. The van der Waals surface area contributed by atoms with Gasteiger partial charge in [0, 0.05) is 25.7 Å². The van der Waals surface area contributed by atoms with Crippen molar-refractivity contribution >= 4 is 11.8 Å². The van der Waals surface area contributed by atoms with Crippen molar-refractivity contribution in [2.75, 3.05) is 20.1 Å². The van der Waals surface area contributed by atoms with Gasteiger partial charge in [0.2, 0.25) is 11.8 Å². The lowest BCUT2D eigenvalue weighted by molar-refractivity contribution is -0.134. The molecule has 1 saturated heterocycles. The van der Waals surface area contributed by atoms with E-state index in [-0.39, 0.29) is 37.0 Å². The second kappa shape index (κ2) is 6.33. The largest absolute Gasteiger partial charge is 0.353 e. The highest BCUT2D eigenvalue weighted by molar-refractivity contribution is 5.86. The standard InChI is InChI=1S/C14H15FN4O2/c1-19(14(21)12-6-18-13(20)7-17-12)8-10-4-9(5-16)2-3-11(10)15/h2-4,12,17H,6-8H2,1H3,(H,18,20). The monoisotopic (exact) mass is 290 g/mol. The third kappa shape index (κ3) is 3.55. The quantitative estimate of drug-likeness (QED) is 0.803. The lowest BCUT2D eigenvalue weighted by atomic mass is 10.1. The molecule has 1 heterocycles. The lowest BCUT2D eigenvalue weighted by Crippen LogP contribution is -2.58. The van der Waals surface area contributed by atoms with Crippen molar-refractivity contribution in [1.82, 2.24) is 15.5 Å². The van der Waals surface area contributed by atoms with Crippen molar-refractivity contribution in [2.24, 2.45) is 0 Å². The van der Waals surface area contributed by atoms with E-state index in [0.717, 1.165) is 0 Å². The molecule has 110 valence electrons. The number of carbonyl (C=O) groups is 2. The normalized spacial score (nSPS) is 17.8. The first kappa shape index (κ1) is 14.9. The maximum atomic E-state index is 13.7. The fourth-order valence-electron chi connectivity index (χ4n) is 2.11. The molecule has 2 amide bonds. The van der Waals surface area contributed by atoms with Crippen LogP contribution in [0.3, 0.4) is 0 Å². The Hall–Kier alpha value is -2.46. The number of rotatable bonds is 3. The summed E-state index contributed by atoms with van der Waals surface area (Å²) in [4.78, 5) is 24.6. The summed E-state index contributed by atoms with van der Waals surface area (Å²) >= 11 is 0. The SMILES string of the molecule is CN(Cc1cc(C#N)ccc1F)C(=O)C1CNC(=O)CN1. The molecule has 0 aliphatic carbocycles. The molecule has 0 radical (unpaired) electrons. The zero-order valence-electron chi connectivity index (χ0n) is 11.5. The minimum Gasteiger partial charge on any atom is -0.353 e. The van der Waals surface area contributed by atoms with Gasteiger partial charge in [0.25, 0.3) is 0 Å². The predicted octanol–water partition coefficient (Wildman–Crippen LogP) is -0.256. The van der Waals surface area contributed by atoms with Crippen molar-refractivity contribution in [3.05, 3.63) is 35.1 Å². The maximum Gasteiger partial charge on any atom is 0.241 e. The number of nitrogens with one attached hydrogen (secondary N) is 2. The van der Waals surface area contributed by atoms with Crippen LogP contribution in [0.15, 0.2) is 18.2 Å². The van der Waals surface area contributed by atoms with E-state index in [1.165, 1.54) is 23.1 Å². The van der Waals surface area contributed by atoms with Gasteiger partial charge in [-0.3, -0.25) is 14.9 Å². The number of hydrogen-bond acceptors (Lipinski definition) is 4. The Morgan fingerprint density at radius 1 is 1.57 bits per heavy atom. The number of carbonyl (C=O) groups excluding carboxylic acids is 2. The molecule has 2 rings (SSSR count). The van der Waals surface area contributed by atoms with E-state index in [1.54, 1.807) is 7.05 Å². The number of nitrogens with zero attached hydrogens (tertiary/aromatic N) is 2. The van der Waals surface area contributed by atoms with Gasteiger partial charge in [0.1, 0.15) is 11.9 Å². The molecule has 7 heteroatoms. The summed E-state index contributed by atoms with van der Waals surface area (Å²) in [5, 5.41) is 14.2. The van der Waals surface area contributed by atoms with Crippen LogP contribution in [-0.2, 0) is 16.1 Å². The number of likely N-dealkylation sites (N-methyl/N-ethyl adjacent to an activating group) is 1. The Morgan fingerprint density at radius 3 is 2.95 bits per heavy atom. The van der Waals surface area contributed by atoms with E-state index in [0.29, 0.717) is 5.56 Å². The van der Waals surface area contributed by atoms with Gasteiger partial charge in [-0.2, -0.15) is 5.26 Å². The van der Waals surface area contributed by atoms with E-state index in [2.05, 4.69) is 10.6 Å². The first-order chi connectivity index (χ1) is 10.0. The maximum absolute atomic E-state index is 13.7. The molecule has 2 N–H and O–H groups in total. The van der Waals surface area contributed by atoms with Gasteiger partial charge in [-0.05, 0) is 18.2 Å². The van der Waals surface area contributed by atoms with Crippen molar-refractivity contribution in [2.45, 2.75) is 12.6 Å². The van der Waals surface area contributed by atoms with Crippen LogP contribution in [0, 0.1) is 17.1 Å². The topological polar surface area (TPSA) is 85.2 Å². The zero-order chi connectivity index (χ0) is 15.4. The Bertz CT molecular complexity index is 601. The molecular weight excluding hydrogens is 275 g/mol. The molecule has 1 aliphatic heterocycles. The summed E-state index contributed by atoms with van der Waals surface area (Å²) in [6.45, 7) is 0.359. The van der Waals surface area contributed by atoms with Gasteiger partial charge in [0.05, 0.1) is 18.2 Å². The van der Waals surface area contributed by atoms with E-state index in [4.69, 9.17) is 5.26 Å². The van der Waals surface area contributed by atoms with Crippen molar-refractivity contribution in [1.29, 1.82) is 5.26 Å². The highest BCUT2D eigenvalue weighted by Gasteiger charge is 2.26. The van der Waals surface area contributed by atoms with Crippen LogP contribution in [-0.4, -0.2) is 42.9 Å². The van der Waals surface area contributed by atoms with E-state index in [1.807, 2.05) is 6.07 Å². The molecule has 0 aromatic heterocycles. The molecule has 0 spiro atoms. The third-order valence-corrected chi connectivity index (χ3v) is 3.27. The molecule has 1 aliphatic rings. The van der Waals surface area contributed by atoms with Crippen LogP contribution in [0.1, 0.15) is 11.1 Å². The Morgan fingerprint density at radius 2 is 2.33 bits per heavy atom. The van der Waals surface area contributed by atoms with Crippen LogP contribution in [0.4, 0.5) is 4.39 Å². The highest BCUT2D eigenvalue weighted by atomic mass is 19.1. The summed E-state index contributed by atoms with van der Waals surface area (Å²) in [7, 11) is 1.55. The van der Waals surface area contributed by atoms with Gasteiger partial charge in [-0.15, -0.1) is 0 Å². The van der Waals surface area contributed by atoms with Crippen molar-refractivity contribution in [3.8, 4) is 6.07 Å². The molecular formula is C14H15FN4O2. The summed E-state index contributed by atoms with van der Waals surface area (Å²) < 4.78 is 13.7. The molecule has 6 nitrogen and oxygen atoms in total. The third-order valence-electron chi connectivity index (χ3n) is 3.27. The number of amides is 2. The highest BCUT2D eigenvalue weighted by Crippen LogP contribution is 2.13. The lowest BCUT2D eigenvalue weighted by Gasteiger charge is -2.27. The molecule has 0 bridgehead atoms. The fourth-order valence-corrected chi connectivity index (χ4v) is 2.11. The van der Waals surface area contributed by atoms with E-state index in [9.17, 15) is 14.0 Å². The predicted molar refractivity (Wildman–Crippen MR) is 72.4 cm³/mol. The summed E-state index contributed by atoms with van der Waals surface area (Å²) in [6, 6.07) is 5.44. The van der Waals surface area contributed by atoms with Crippen LogP contribution in [0.5, 0.6) is 0 Å².